The molecule has 0 saturated heterocycles. The molecule has 0 aliphatic heterocycles. The minimum atomic E-state index is -4.90. The van der Waals surface area contributed by atoms with E-state index in [9.17, 15) is 26.3 Å². The fraction of sp³-hybridized carbons (Fsp3) is 0.429. The summed E-state index contributed by atoms with van der Waals surface area (Å²) in [6.07, 6.45) is -9.65. The first-order valence-corrected chi connectivity index (χ1v) is 3.36. The second kappa shape index (κ2) is 2.93. The smallest absolute Gasteiger partial charge is 0.449 e. The summed E-state index contributed by atoms with van der Waals surface area (Å²) in [7, 11) is 0. The van der Waals surface area contributed by atoms with Crippen LogP contribution >= 0.6 is 0 Å². The van der Waals surface area contributed by atoms with Crippen LogP contribution in [0.25, 0.3) is 0 Å². The third-order valence-electron chi connectivity index (χ3n) is 1.60. The molecule has 0 fully saturated rings. The summed E-state index contributed by atoms with van der Waals surface area (Å²) in [5.74, 6) is -1.61. The highest BCUT2D eigenvalue weighted by Gasteiger charge is 2.43. The lowest BCUT2D eigenvalue weighted by Gasteiger charge is -2.05. The maximum absolute atomic E-state index is 12.0. The van der Waals surface area contributed by atoms with Gasteiger partial charge in [0, 0.05) is 5.56 Å². The third kappa shape index (κ3) is 1.85. The fourth-order valence-corrected chi connectivity index (χ4v) is 0.976. The van der Waals surface area contributed by atoms with Gasteiger partial charge in [-0.3, -0.25) is 0 Å². The molecule has 0 amide bonds. The van der Waals surface area contributed by atoms with Gasteiger partial charge in [-0.2, -0.15) is 26.3 Å². The van der Waals surface area contributed by atoms with Crippen LogP contribution in [-0.4, -0.2) is 0 Å². The molecule has 0 aromatic carbocycles. The monoisotopic (exact) mass is 218 g/mol. The van der Waals surface area contributed by atoms with Crippen molar-refractivity contribution in [1.29, 1.82) is 0 Å². The highest BCUT2D eigenvalue weighted by Crippen LogP contribution is 2.40. The van der Waals surface area contributed by atoms with E-state index in [1.54, 1.807) is 0 Å². The second-order valence-corrected chi connectivity index (χ2v) is 2.60. The molecule has 0 aliphatic rings. The quantitative estimate of drug-likeness (QED) is 0.606. The van der Waals surface area contributed by atoms with Crippen molar-refractivity contribution in [3.05, 3.63) is 23.2 Å². The Hall–Kier alpha value is -1.14. The standard InChI is InChI=1S/C7H4F6O/c1-3-4(6(8,9)10)2-14-5(3)7(11,12)13/h2H,1H3. The zero-order valence-corrected chi connectivity index (χ0v) is 6.75. The van der Waals surface area contributed by atoms with Gasteiger partial charge < -0.3 is 4.42 Å². The van der Waals surface area contributed by atoms with Gasteiger partial charge in [-0.15, -0.1) is 0 Å². The molecule has 14 heavy (non-hydrogen) atoms. The zero-order chi connectivity index (χ0) is 11.1. The van der Waals surface area contributed by atoms with Crippen molar-refractivity contribution in [2.45, 2.75) is 19.3 Å². The second-order valence-electron chi connectivity index (χ2n) is 2.60. The van der Waals surface area contributed by atoms with Gasteiger partial charge >= 0.3 is 12.4 Å². The predicted octanol–water partition coefficient (Wildman–Crippen LogP) is 3.63. The Morgan fingerprint density at radius 3 is 1.71 bits per heavy atom. The summed E-state index contributed by atoms with van der Waals surface area (Å²) in [4.78, 5) is 0. The van der Waals surface area contributed by atoms with Gasteiger partial charge in [0.1, 0.15) is 6.26 Å². The molecule has 1 rings (SSSR count). The van der Waals surface area contributed by atoms with Crippen LogP contribution in [0.15, 0.2) is 10.7 Å². The van der Waals surface area contributed by atoms with Gasteiger partial charge in [0.15, 0.2) is 0 Å². The van der Waals surface area contributed by atoms with Crippen molar-refractivity contribution in [2.24, 2.45) is 0 Å². The summed E-state index contributed by atoms with van der Waals surface area (Å²) in [6.45, 7) is 0.717. The fourth-order valence-electron chi connectivity index (χ4n) is 0.976. The highest BCUT2D eigenvalue weighted by molar-refractivity contribution is 5.30. The lowest BCUT2D eigenvalue weighted by atomic mass is 10.1. The molecule has 0 atom stereocenters. The summed E-state index contributed by atoms with van der Waals surface area (Å²) in [5.41, 5.74) is -2.34. The topological polar surface area (TPSA) is 13.1 Å². The molecule has 80 valence electrons. The van der Waals surface area contributed by atoms with Crippen molar-refractivity contribution in [3.63, 3.8) is 0 Å². The van der Waals surface area contributed by atoms with Crippen LogP contribution in [0.3, 0.4) is 0 Å². The Kier molecular flexibility index (Phi) is 2.29. The SMILES string of the molecule is Cc1c(C(F)(F)F)coc1C(F)(F)F. The average Bonchev–Trinajstić information content (AvgIpc) is 2.26. The number of halogens is 6. The molecule has 0 radical (unpaired) electrons. The first-order valence-electron chi connectivity index (χ1n) is 3.36. The number of hydrogen-bond donors (Lipinski definition) is 0. The Morgan fingerprint density at radius 1 is 1.00 bits per heavy atom. The van der Waals surface area contributed by atoms with E-state index < -0.39 is 29.2 Å². The minimum absolute atomic E-state index is 0.0676. The Morgan fingerprint density at radius 2 is 1.50 bits per heavy atom. The molecule has 1 nitrogen and oxygen atoms in total. The zero-order valence-electron chi connectivity index (χ0n) is 6.75. The number of hydrogen-bond acceptors (Lipinski definition) is 1. The molecule has 0 unspecified atom stereocenters. The lowest BCUT2D eigenvalue weighted by molar-refractivity contribution is -0.153. The van der Waals surface area contributed by atoms with Crippen LogP contribution in [0.2, 0.25) is 0 Å². The van der Waals surface area contributed by atoms with Crippen molar-refractivity contribution in [1.82, 2.24) is 0 Å². The molecule has 0 saturated carbocycles. The number of alkyl halides is 6. The van der Waals surface area contributed by atoms with E-state index >= 15 is 0 Å². The summed E-state index contributed by atoms with van der Waals surface area (Å²) in [6, 6.07) is 0. The van der Waals surface area contributed by atoms with Crippen LogP contribution < -0.4 is 0 Å². The average molecular weight is 218 g/mol. The normalized spacial score (nSPS) is 13.4. The van der Waals surface area contributed by atoms with Crippen LogP contribution in [0, 0.1) is 6.92 Å². The number of rotatable bonds is 0. The molecule has 0 spiro atoms. The van der Waals surface area contributed by atoms with Gasteiger partial charge in [-0.1, -0.05) is 0 Å². The van der Waals surface area contributed by atoms with Gasteiger partial charge in [-0.25, -0.2) is 0 Å². The van der Waals surface area contributed by atoms with Gasteiger partial charge in [0.25, 0.3) is 0 Å². The van der Waals surface area contributed by atoms with E-state index in [1.807, 2.05) is 0 Å². The van der Waals surface area contributed by atoms with E-state index in [1.165, 1.54) is 0 Å². The summed E-state index contributed by atoms with van der Waals surface area (Å²) < 4.78 is 75.9. The molecule has 7 heteroatoms. The van der Waals surface area contributed by atoms with Gasteiger partial charge in [0.2, 0.25) is 5.76 Å². The summed E-state index contributed by atoms with van der Waals surface area (Å²) in [5, 5.41) is 0. The Labute approximate surface area is 74.3 Å². The molecular formula is C7H4F6O. The van der Waals surface area contributed by atoms with Crippen LogP contribution in [0.4, 0.5) is 26.3 Å². The van der Waals surface area contributed by atoms with E-state index in [4.69, 9.17) is 0 Å². The first-order chi connectivity index (χ1) is 6.14. The molecule has 0 aliphatic carbocycles. The molecule has 0 N–H and O–H groups in total. The summed E-state index contributed by atoms with van der Waals surface area (Å²) >= 11 is 0. The third-order valence-corrected chi connectivity index (χ3v) is 1.60. The molecule has 1 aromatic heterocycles. The van der Waals surface area contributed by atoms with Crippen molar-refractivity contribution >= 4 is 0 Å². The molecule has 0 bridgehead atoms. The molecular weight excluding hydrogens is 214 g/mol. The minimum Gasteiger partial charge on any atom is -0.459 e. The maximum Gasteiger partial charge on any atom is 0.449 e. The lowest BCUT2D eigenvalue weighted by Crippen LogP contribution is -2.09. The van der Waals surface area contributed by atoms with Crippen LogP contribution in [0.1, 0.15) is 16.9 Å². The van der Waals surface area contributed by atoms with E-state index in [0.29, 0.717) is 0 Å². The number of furan rings is 1. The predicted molar refractivity (Wildman–Crippen MR) is 33.4 cm³/mol. The van der Waals surface area contributed by atoms with Crippen LogP contribution in [0.5, 0.6) is 0 Å². The van der Waals surface area contributed by atoms with Crippen molar-refractivity contribution in [2.75, 3.05) is 0 Å². The molecule has 1 aromatic rings. The molecule has 1 heterocycles. The maximum atomic E-state index is 12.0. The van der Waals surface area contributed by atoms with E-state index in [0.717, 1.165) is 6.92 Å². The first kappa shape index (κ1) is 10.9. The van der Waals surface area contributed by atoms with Crippen molar-refractivity contribution in [3.8, 4) is 0 Å². The Balaban J connectivity index is 3.23. The largest absolute Gasteiger partial charge is 0.459 e. The van der Waals surface area contributed by atoms with Gasteiger partial charge in [-0.05, 0) is 6.92 Å². The van der Waals surface area contributed by atoms with Crippen molar-refractivity contribution < 1.29 is 30.8 Å². The highest BCUT2D eigenvalue weighted by atomic mass is 19.4. The van der Waals surface area contributed by atoms with E-state index in [2.05, 4.69) is 4.42 Å². The van der Waals surface area contributed by atoms with Crippen LogP contribution in [-0.2, 0) is 12.4 Å². The Bertz CT molecular complexity index is 299. The van der Waals surface area contributed by atoms with Gasteiger partial charge in [0.05, 0.1) is 5.56 Å². The van der Waals surface area contributed by atoms with E-state index in [-0.39, 0.29) is 6.26 Å².